The van der Waals surface area contributed by atoms with Crippen LogP contribution in [0.1, 0.15) is 22.3 Å². The second-order valence-electron chi connectivity index (χ2n) is 3.66. The number of Topliss-reactive ketones (excluding diaryl/α,β-unsaturated/α-hetero) is 1. The van der Waals surface area contributed by atoms with Crippen molar-refractivity contribution in [2.75, 3.05) is 0 Å². The molecule has 2 aromatic rings. The number of thiazole rings is 1. The highest BCUT2D eigenvalue weighted by Gasteiger charge is 2.15. The van der Waals surface area contributed by atoms with E-state index in [0.29, 0.717) is 14.7 Å². The van der Waals surface area contributed by atoms with Gasteiger partial charge in [-0.3, -0.25) is 14.8 Å². The number of carbonyl (C=O) groups is 1. The molecular formula is C12H11ClN2OS. The molecule has 0 saturated heterocycles. The molecule has 0 radical (unpaired) electrons. The Balaban J connectivity index is 2.73. The lowest BCUT2D eigenvalue weighted by Gasteiger charge is -2.07. The van der Waals surface area contributed by atoms with Gasteiger partial charge in [0.25, 0.3) is 0 Å². The third kappa shape index (κ3) is 2.06. The highest BCUT2D eigenvalue weighted by molar-refractivity contribution is 7.11. The summed E-state index contributed by atoms with van der Waals surface area (Å²) in [5, 5.41) is 8.50. The number of hydrogen-bond acceptors (Lipinski definition) is 3. The standard InChI is InChI=1S/C12H11ClN2OS/c1-7-11(8(2)16)17-12(14)15(7)10-6-4-3-5-9(10)13/h3-6,14H,1-2H3. The Morgan fingerprint density at radius 2 is 2.06 bits per heavy atom. The first kappa shape index (κ1) is 12.1. The first-order chi connectivity index (χ1) is 8.02. The van der Waals surface area contributed by atoms with Gasteiger partial charge in [-0.25, -0.2) is 0 Å². The Kier molecular flexibility index (Phi) is 3.17. The molecular weight excluding hydrogens is 256 g/mol. The molecule has 17 heavy (non-hydrogen) atoms. The van der Waals surface area contributed by atoms with Crippen LogP contribution in [0.2, 0.25) is 5.02 Å². The van der Waals surface area contributed by atoms with Crippen molar-refractivity contribution >= 4 is 28.7 Å². The Morgan fingerprint density at radius 3 is 2.59 bits per heavy atom. The van der Waals surface area contributed by atoms with Gasteiger partial charge in [0.1, 0.15) is 0 Å². The van der Waals surface area contributed by atoms with Crippen LogP contribution in [-0.2, 0) is 0 Å². The molecule has 0 aliphatic heterocycles. The molecule has 2 rings (SSSR count). The number of rotatable bonds is 2. The van der Waals surface area contributed by atoms with Crippen molar-refractivity contribution in [3.8, 4) is 5.69 Å². The van der Waals surface area contributed by atoms with Crippen LogP contribution in [0.25, 0.3) is 5.69 Å². The fourth-order valence-electron chi connectivity index (χ4n) is 1.72. The minimum Gasteiger partial charge on any atom is -0.294 e. The number of aromatic nitrogens is 1. The van der Waals surface area contributed by atoms with E-state index in [0.717, 1.165) is 11.4 Å². The summed E-state index contributed by atoms with van der Waals surface area (Å²) in [7, 11) is 0. The number of benzene rings is 1. The zero-order chi connectivity index (χ0) is 12.6. The van der Waals surface area contributed by atoms with Crippen molar-refractivity contribution in [3.63, 3.8) is 0 Å². The molecule has 88 valence electrons. The number of carbonyl (C=O) groups excluding carboxylic acids is 1. The number of ketones is 1. The molecule has 5 heteroatoms. The van der Waals surface area contributed by atoms with Gasteiger partial charge in [0.2, 0.25) is 0 Å². The highest BCUT2D eigenvalue weighted by atomic mass is 35.5. The van der Waals surface area contributed by atoms with E-state index >= 15 is 0 Å². The molecule has 0 atom stereocenters. The summed E-state index contributed by atoms with van der Waals surface area (Å²) in [6.45, 7) is 3.34. The third-order valence-corrected chi connectivity index (χ3v) is 3.96. The van der Waals surface area contributed by atoms with Crippen LogP contribution in [0.5, 0.6) is 0 Å². The van der Waals surface area contributed by atoms with Crippen molar-refractivity contribution in [3.05, 3.63) is 44.7 Å². The lowest BCUT2D eigenvalue weighted by Crippen LogP contribution is -2.12. The first-order valence-corrected chi connectivity index (χ1v) is 6.24. The minimum absolute atomic E-state index is 0.0215. The predicted molar refractivity (Wildman–Crippen MR) is 69.3 cm³/mol. The summed E-state index contributed by atoms with van der Waals surface area (Å²) < 4.78 is 1.70. The minimum atomic E-state index is -0.0215. The summed E-state index contributed by atoms with van der Waals surface area (Å²) in [5.41, 5.74) is 1.50. The maximum absolute atomic E-state index is 11.4. The fourth-order valence-corrected chi connectivity index (χ4v) is 2.84. The molecule has 0 amide bonds. The Morgan fingerprint density at radius 1 is 1.41 bits per heavy atom. The summed E-state index contributed by atoms with van der Waals surface area (Å²) in [6.07, 6.45) is 0. The van der Waals surface area contributed by atoms with E-state index in [4.69, 9.17) is 17.0 Å². The van der Waals surface area contributed by atoms with Gasteiger partial charge in [-0.1, -0.05) is 35.1 Å². The van der Waals surface area contributed by atoms with Gasteiger partial charge in [-0.15, -0.1) is 0 Å². The van der Waals surface area contributed by atoms with Crippen molar-refractivity contribution in [1.82, 2.24) is 4.57 Å². The number of para-hydroxylation sites is 1. The summed E-state index contributed by atoms with van der Waals surface area (Å²) >= 11 is 7.28. The van der Waals surface area contributed by atoms with Crippen LogP contribution in [0.4, 0.5) is 0 Å². The molecule has 1 aromatic heterocycles. The number of nitrogens with one attached hydrogen (secondary N) is 1. The van der Waals surface area contributed by atoms with Crippen molar-refractivity contribution in [1.29, 1.82) is 5.41 Å². The molecule has 0 fully saturated rings. The van der Waals surface area contributed by atoms with Gasteiger partial charge in [0.15, 0.2) is 10.6 Å². The van der Waals surface area contributed by atoms with Gasteiger partial charge >= 0.3 is 0 Å². The maximum Gasteiger partial charge on any atom is 0.187 e. The topological polar surface area (TPSA) is 45.9 Å². The van der Waals surface area contributed by atoms with Crippen LogP contribution in [0, 0.1) is 12.3 Å². The number of halogens is 1. The van der Waals surface area contributed by atoms with Crippen molar-refractivity contribution in [2.24, 2.45) is 0 Å². The summed E-state index contributed by atoms with van der Waals surface area (Å²) in [6, 6.07) is 7.31. The smallest absolute Gasteiger partial charge is 0.187 e. The van der Waals surface area contributed by atoms with E-state index < -0.39 is 0 Å². The van der Waals surface area contributed by atoms with E-state index in [1.165, 1.54) is 18.3 Å². The quantitative estimate of drug-likeness (QED) is 0.834. The lowest BCUT2D eigenvalue weighted by atomic mass is 10.2. The molecule has 1 N–H and O–H groups in total. The van der Waals surface area contributed by atoms with Crippen LogP contribution < -0.4 is 4.80 Å². The molecule has 1 heterocycles. The van der Waals surface area contributed by atoms with Gasteiger partial charge in [0.05, 0.1) is 15.6 Å². The Bertz CT molecular complexity index is 642. The summed E-state index contributed by atoms with van der Waals surface area (Å²) in [4.78, 5) is 12.3. The average molecular weight is 267 g/mol. The van der Waals surface area contributed by atoms with Crippen LogP contribution >= 0.6 is 22.9 Å². The van der Waals surface area contributed by atoms with E-state index in [-0.39, 0.29) is 5.78 Å². The van der Waals surface area contributed by atoms with E-state index in [1.54, 1.807) is 10.6 Å². The highest BCUT2D eigenvalue weighted by Crippen LogP contribution is 2.23. The molecule has 3 nitrogen and oxygen atoms in total. The molecule has 0 spiro atoms. The zero-order valence-corrected chi connectivity index (χ0v) is 11.0. The lowest BCUT2D eigenvalue weighted by molar-refractivity contribution is 0.102. The molecule has 0 unspecified atom stereocenters. The van der Waals surface area contributed by atoms with Crippen molar-refractivity contribution < 1.29 is 4.79 Å². The van der Waals surface area contributed by atoms with E-state index in [9.17, 15) is 4.79 Å². The summed E-state index contributed by atoms with van der Waals surface area (Å²) in [5.74, 6) is -0.0215. The number of hydrogen-bond donors (Lipinski definition) is 1. The van der Waals surface area contributed by atoms with Crippen molar-refractivity contribution in [2.45, 2.75) is 13.8 Å². The second kappa shape index (κ2) is 4.47. The van der Waals surface area contributed by atoms with Gasteiger partial charge in [-0.05, 0) is 19.1 Å². The van der Waals surface area contributed by atoms with Gasteiger partial charge in [-0.2, -0.15) is 0 Å². The second-order valence-corrected chi connectivity index (χ2v) is 5.07. The molecule has 0 aliphatic carbocycles. The SMILES string of the molecule is CC(=O)c1sc(=N)n(-c2ccccc2Cl)c1C. The average Bonchev–Trinajstić information content (AvgIpc) is 2.56. The zero-order valence-electron chi connectivity index (χ0n) is 9.45. The first-order valence-electron chi connectivity index (χ1n) is 5.05. The normalized spacial score (nSPS) is 10.5. The van der Waals surface area contributed by atoms with Crippen LogP contribution in [-0.4, -0.2) is 10.4 Å². The molecule has 0 bridgehead atoms. The van der Waals surface area contributed by atoms with Crippen LogP contribution in [0.3, 0.4) is 0 Å². The van der Waals surface area contributed by atoms with Crippen LogP contribution in [0.15, 0.2) is 24.3 Å². The van der Waals surface area contributed by atoms with Gasteiger partial charge < -0.3 is 0 Å². The number of nitrogens with zero attached hydrogens (tertiary/aromatic N) is 1. The fraction of sp³-hybridized carbons (Fsp3) is 0.167. The molecule has 0 aliphatic rings. The molecule has 1 aromatic carbocycles. The van der Waals surface area contributed by atoms with Gasteiger partial charge in [0, 0.05) is 12.6 Å². The Hall–Kier alpha value is -1.39. The predicted octanol–water partition coefficient (Wildman–Crippen LogP) is 3.18. The third-order valence-electron chi connectivity index (χ3n) is 2.48. The molecule has 0 saturated carbocycles. The largest absolute Gasteiger partial charge is 0.294 e. The Labute approximate surface area is 108 Å². The van der Waals surface area contributed by atoms with E-state index in [2.05, 4.69) is 0 Å². The van der Waals surface area contributed by atoms with E-state index in [1.807, 2.05) is 25.1 Å². The monoisotopic (exact) mass is 266 g/mol. The maximum atomic E-state index is 11.4.